The van der Waals surface area contributed by atoms with Gasteiger partial charge in [0.2, 0.25) is 0 Å². The van der Waals surface area contributed by atoms with Crippen LogP contribution >= 0.6 is 0 Å². The van der Waals surface area contributed by atoms with Crippen molar-refractivity contribution in [3.63, 3.8) is 0 Å². The molecule has 1 saturated heterocycles. The van der Waals surface area contributed by atoms with Crippen molar-refractivity contribution in [2.45, 2.75) is 87.1 Å². The summed E-state index contributed by atoms with van der Waals surface area (Å²) in [6.45, 7) is 3.08. The molecule has 2 bridgehead atoms. The molecule has 2 aromatic carbocycles. The lowest BCUT2D eigenvalue weighted by atomic mass is 9.40. The summed E-state index contributed by atoms with van der Waals surface area (Å²) in [5.41, 5.74) is 2.61. The lowest BCUT2D eigenvalue weighted by molar-refractivity contribution is -0.245. The molecule has 2 aromatic rings. The number of rotatable bonds is 5. The molecule has 190 valence electrons. The Morgan fingerprint density at radius 2 is 1.86 bits per heavy atom. The largest absolute Gasteiger partial charge is 0.504 e. The molecule has 8 rings (SSSR count). The lowest BCUT2D eigenvalue weighted by Crippen LogP contribution is -2.80. The van der Waals surface area contributed by atoms with Gasteiger partial charge in [0.05, 0.1) is 11.0 Å². The lowest BCUT2D eigenvalue weighted by Gasteiger charge is -2.70. The van der Waals surface area contributed by atoms with Crippen LogP contribution in [0.25, 0.3) is 0 Å². The van der Waals surface area contributed by atoms with Crippen LogP contribution in [0.2, 0.25) is 0 Å². The number of phenols is 1. The van der Waals surface area contributed by atoms with Gasteiger partial charge in [-0.1, -0.05) is 36.4 Å². The second-order valence-corrected chi connectivity index (χ2v) is 12.9. The number of fused-ring (bicyclic) bond motifs is 1. The first-order chi connectivity index (χ1) is 17.5. The maximum absolute atomic E-state index is 12.8. The normalized spacial score (nSPS) is 40.1. The number of ether oxygens (including phenoxy) is 1. The fourth-order valence-electron chi connectivity index (χ4n) is 9.52. The summed E-state index contributed by atoms with van der Waals surface area (Å²) >= 11 is 0. The van der Waals surface area contributed by atoms with Crippen molar-refractivity contribution in [3.8, 4) is 11.5 Å². The van der Waals surface area contributed by atoms with Gasteiger partial charge >= 0.3 is 0 Å². The van der Waals surface area contributed by atoms with E-state index in [2.05, 4.69) is 53.2 Å². The SMILES string of the molecule is CN(Cc1ccccc1)[C@@H]1CC[C@]12CC[C@@]1(O)[C@@H]3Cc4ccc(O)c5c4[C@@]1(CCN3CC1CC1)[C@H]2O5. The molecular weight excluding hydrogens is 448 g/mol. The van der Waals surface area contributed by atoms with Gasteiger partial charge in [0.25, 0.3) is 0 Å². The minimum atomic E-state index is -0.791. The van der Waals surface area contributed by atoms with Crippen molar-refractivity contribution in [2.24, 2.45) is 11.3 Å². The van der Waals surface area contributed by atoms with E-state index in [-0.39, 0.29) is 23.3 Å². The van der Waals surface area contributed by atoms with Crippen LogP contribution in [0.1, 0.15) is 61.6 Å². The fourth-order valence-corrected chi connectivity index (χ4v) is 9.52. The van der Waals surface area contributed by atoms with Crippen molar-refractivity contribution in [1.82, 2.24) is 9.80 Å². The molecule has 6 aliphatic rings. The minimum Gasteiger partial charge on any atom is -0.504 e. The molecule has 3 saturated carbocycles. The second kappa shape index (κ2) is 7.27. The third-order valence-electron chi connectivity index (χ3n) is 11.4. The second-order valence-electron chi connectivity index (χ2n) is 12.9. The first kappa shape index (κ1) is 22.0. The van der Waals surface area contributed by atoms with Crippen molar-refractivity contribution in [1.29, 1.82) is 0 Å². The molecule has 2 aliphatic heterocycles. The molecule has 0 aromatic heterocycles. The molecule has 4 aliphatic carbocycles. The number of benzene rings is 2. The summed E-state index contributed by atoms with van der Waals surface area (Å²) in [4.78, 5) is 5.17. The molecule has 4 fully saturated rings. The molecule has 5 nitrogen and oxygen atoms in total. The molecule has 6 atom stereocenters. The molecular formula is C31H38N2O3. The van der Waals surface area contributed by atoms with Gasteiger partial charge in [-0.15, -0.1) is 0 Å². The Morgan fingerprint density at radius 3 is 2.61 bits per heavy atom. The van der Waals surface area contributed by atoms with E-state index in [1.54, 1.807) is 0 Å². The van der Waals surface area contributed by atoms with Gasteiger partial charge < -0.3 is 14.9 Å². The van der Waals surface area contributed by atoms with Crippen LogP contribution < -0.4 is 4.74 Å². The van der Waals surface area contributed by atoms with Crippen LogP contribution in [0.3, 0.4) is 0 Å². The predicted molar refractivity (Wildman–Crippen MR) is 138 cm³/mol. The van der Waals surface area contributed by atoms with Crippen LogP contribution in [-0.2, 0) is 18.4 Å². The molecule has 2 spiro atoms. The summed E-state index contributed by atoms with van der Waals surface area (Å²) in [5.74, 6) is 1.75. The van der Waals surface area contributed by atoms with Crippen molar-refractivity contribution in [2.75, 3.05) is 20.1 Å². The standard InChI is InChI=1S/C31H38N2O3/c1-32(18-20-5-3-2-4-6-20)24-11-12-29(24)13-14-31(35)25-17-22-9-10-23(34)27-26(22)30(31,28(29)36-27)15-16-33(25)19-21-7-8-21/h2-6,9-10,21,24-25,28,34-35H,7-8,11-19H2,1H3/t24-,25+,28+,29+,30+,31-/m1/s1. The highest BCUT2D eigenvalue weighted by Gasteiger charge is 2.78. The number of nitrogens with zero attached hydrogens (tertiary/aromatic N) is 2. The molecule has 2 heterocycles. The molecule has 2 N–H and O–H groups in total. The Kier molecular flexibility index (Phi) is 4.43. The first-order valence-corrected chi connectivity index (χ1v) is 14.2. The Bertz CT molecular complexity index is 1210. The summed E-state index contributed by atoms with van der Waals surface area (Å²) < 4.78 is 6.94. The maximum atomic E-state index is 12.8. The first-order valence-electron chi connectivity index (χ1n) is 14.2. The van der Waals surface area contributed by atoms with E-state index >= 15 is 0 Å². The summed E-state index contributed by atoms with van der Waals surface area (Å²) in [7, 11) is 2.27. The molecule has 36 heavy (non-hydrogen) atoms. The number of aromatic hydroxyl groups is 1. The summed E-state index contributed by atoms with van der Waals surface area (Å²) in [6.07, 6.45) is 8.54. The Balaban J connectivity index is 1.22. The zero-order valence-corrected chi connectivity index (χ0v) is 21.3. The van der Waals surface area contributed by atoms with E-state index < -0.39 is 11.0 Å². The van der Waals surface area contributed by atoms with Crippen LogP contribution in [0, 0.1) is 11.3 Å². The topological polar surface area (TPSA) is 56.2 Å². The quantitative estimate of drug-likeness (QED) is 0.662. The number of hydrogen-bond donors (Lipinski definition) is 2. The van der Waals surface area contributed by atoms with Gasteiger partial charge in [-0.05, 0) is 88.1 Å². The average Bonchev–Trinajstić information content (AvgIpc) is 3.59. The van der Waals surface area contributed by atoms with Crippen LogP contribution in [0.4, 0.5) is 0 Å². The van der Waals surface area contributed by atoms with Gasteiger partial charge in [-0.3, -0.25) is 9.80 Å². The van der Waals surface area contributed by atoms with E-state index in [0.717, 1.165) is 63.2 Å². The van der Waals surface area contributed by atoms with Gasteiger partial charge in [0, 0.05) is 36.2 Å². The van der Waals surface area contributed by atoms with Gasteiger partial charge in [0.1, 0.15) is 6.10 Å². The van der Waals surface area contributed by atoms with Crippen molar-refractivity contribution >= 4 is 0 Å². The number of likely N-dealkylation sites (tertiary alicyclic amines) is 1. The number of hydrogen-bond acceptors (Lipinski definition) is 5. The number of aliphatic hydroxyl groups is 1. The van der Waals surface area contributed by atoms with E-state index in [0.29, 0.717) is 11.8 Å². The Morgan fingerprint density at radius 1 is 1.03 bits per heavy atom. The van der Waals surface area contributed by atoms with Crippen molar-refractivity contribution in [3.05, 3.63) is 59.2 Å². The van der Waals surface area contributed by atoms with E-state index in [4.69, 9.17) is 4.74 Å². The van der Waals surface area contributed by atoms with Gasteiger partial charge in [0.15, 0.2) is 11.5 Å². The monoisotopic (exact) mass is 486 g/mol. The highest BCUT2D eigenvalue weighted by Crippen LogP contribution is 2.72. The zero-order valence-electron chi connectivity index (χ0n) is 21.3. The fraction of sp³-hybridized carbons (Fsp3) is 0.613. The molecule has 0 radical (unpaired) electrons. The Labute approximate surface area is 214 Å². The predicted octanol–water partition coefficient (Wildman–Crippen LogP) is 4.24. The maximum Gasteiger partial charge on any atom is 0.165 e. The molecule has 0 amide bonds. The van der Waals surface area contributed by atoms with E-state index in [1.165, 1.54) is 30.4 Å². The summed E-state index contributed by atoms with van der Waals surface area (Å²) in [6, 6.07) is 15.3. The Hall–Kier alpha value is -2.08. The van der Waals surface area contributed by atoms with Crippen LogP contribution in [-0.4, -0.2) is 63.9 Å². The van der Waals surface area contributed by atoms with Crippen molar-refractivity contribution < 1.29 is 14.9 Å². The molecule has 0 unspecified atom stereocenters. The number of phenolic OH excluding ortho intramolecular Hbond substituents is 1. The third kappa shape index (κ3) is 2.62. The zero-order chi connectivity index (χ0) is 24.3. The van der Waals surface area contributed by atoms with E-state index in [9.17, 15) is 10.2 Å². The smallest absolute Gasteiger partial charge is 0.165 e. The van der Waals surface area contributed by atoms with Gasteiger partial charge in [-0.25, -0.2) is 0 Å². The average molecular weight is 487 g/mol. The van der Waals surface area contributed by atoms with E-state index in [1.807, 2.05) is 6.07 Å². The number of piperidine rings is 1. The highest BCUT2D eigenvalue weighted by molar-refractivity contribution is 5.63. The highest BCUT2D eigenvalue weighted by atomic mass is 16.5. The summed E-state index contributed by atoms with van der Waals surface area (Å²) in [5, 5.41) is 23.8. The third-order valence-corrected chi connectivity index (χ3v) is 11.4. The van der Waals surface area contributed by atoms with Crippen LogP contribution in [0.5, 0.6) is 11.5 Å². The minimum absolute atomic E-state index is 0.0129. The van der Waals surface area contributed by atoms with Crippen LogP contribution in [0.15, 0.2) is 42.5 Å². The van der Waals surface area contributed by atoms with Gasteiger partial charge in [-0.2, -0.15) is 0 Å². The molecule has 5 heteroatoms.